The number of carbonyl (C=O) groups is 1. The Morgan fingerprint density at radius 1 is 1.06 bits per heavy atom. The number of fused-ring (bicyclic) bond motifs is 1. The first-order valence-corrected chi connectivity index (χ1v) is 10.8. The Morgan fingerprint density at radius 3 is 2.69 bits per heavy atom. The summed E-state index contributed by atoms with van der Waals surface area (Å²) in [7, 11) is 0. The van der Waals surface area contributed by atoms with Crippen LogP contribution in [0.25, 0.3) is 0 Å². The summed E-state index contributed by atoms with van der Waals surface area (Å²) in [5.41, 5.74) is 4.88. The SMILES string of the molecule is Cc1cccc(NC(=O)NCC2=Nc3ccccc3CN2c2cccc(OC(C)C)c2)c1. The number of amides is 2. The third-order valence-electron chi connectivity index (χ3n) is 5.07. The van der Waals surface area contributed by atoms with Gasteiger partial charge in [-0.3, -0.25) is 0 Å². The maximum atomic E-state index is 12.5. The van der Waals surface area contributed by atoms with Crippen LogP contribution in [-0.4, -0.2) is 24.5 Å². The van der Waals surface area contributed by atoms with E-state index in [-0.39, 0.29) is 12.1 Å². The number of nitrogens with zero attached hydrogens (tertiary/aromatic N) is 2. The van der Waals surface area contributed by atoms with Gasteiger partial charge in [-0.05, 0) is 62.2 Å². The standard InChI is InChI=1S/C26H28N4O2/c1-18(2)32-23-12-7-11-22(15-23)30-17-20-9-4-5-13-24(20)29-25(30)16-27-26(31)28-21-10-6-8-19(3)14-21/h4-15,18H,16-17H2,1-3H3,(H2,27,28,31). The number of hydrogen-bond donors (Lipinski definition) is 2. The monoisotopic (exact) mass is 428 g/mol. The van der Waals surface area contributed by atoms with E-state index in [2.05, 4.69) is 21.6 Å². The van der Waals surface area contributed by atoms with Crippen LogP contribution in [0.15, 0.2) is 77.8 Å². The lowest BCUT2D eigenvalue weighted by Gasteiger charge is -2.31. The summed E-state index contributed by atoms with van der Waals surface area (Å²) in [4.78, 5) is 19.5. The van der Waals surface area contributed by atoms with E-state index in [1.165, 1.54) is 0 Å². The van der Waals surface area contributed by atoms with Crippen molar-refractivity contribution in [3.05, 3.63) is 83.9 Å². The summed E-state index contributed by atoms with van der Waals surface area (Å²) in [6, 6.07) is 23.5. The minimum atomic E-state index is -0.269. The highest BCUT2D eigenvalue weighted by atomic mass is 16.5. The third-order valence-corrected chi connectivity index (χ3v) is 5.07. The fourth-order valence-corrected chi connectivity index (χ4v) is 3.64. The van der Waals surface area contributed by atoms with E-state index in [1.807, 2.05) is 87.5 Å². The van der Waals surface area contributed by atoms with E-state index >= 15 is 0 Å². The van der Waals surface area contributed by atoms with Crippen LogP contribution in [0, 0.1) is 6.92 Å². The third kappa shape index (κ3) is 5.27. The van der Waals surface area contributed by atoms with Crippen molar-refractivity contribution < 1.29 is 9.53 Å². The average Bonchev–Trinajstić information content (AvgIpc) is 2.77. The Bertz CT molecular complexity index is 1140. The van der Waals surface area contributed by atoms with E-state index in [9.17, 15) is 4.79 Å². The molecule has 0 bridgehead atoms. The first kappa shape index (κ1) is 21.4. The highest BCUT2D eigenvalue weighted by molar-refractivity contribution is 6.04. The predicted molar refractivity (Wildman–Crippen MR) is 130 cm³/mol. The Balaban J connectivity index is 1.54. The Hall–Kier alpha value is -3.80. The molecule has 6 nitrogen and oxygen atoms in total. The molecule has 32 heavy (non-hydrogen) atoms. The number of para-hydroxylation sites is 1. The lowest BCUT2D eigenvalue weighted by Crippen LogP contribution is -2.42. The zero-order chi connectivity index (χ0) is 22.5. The molecule has 0 spiro atoms. The molecule has 164 valence electrons. The average molecular weight is 429 g/mol. The molecule has 6 heteroatoms. The van der Waals surface area contributed by atoms with Crippen molar-refractivity contribution in [2.45, 2.75) is 33.4 Å². The second-order valence-corrected chi connectivity index (χ2v) is 8.08. The van der Waals surface area contributed by atoms with Gasteiger partial charge in [0.15, 0.2) is 0 Å². The van der Waals surface area contributed by atoms with Gasteiger partial charge in [-0.1, -0.05) is 36.4 Å². The number of carbonyl (C=O) groups excluding carboxylic acids is 1. The molecule has 2 N–H and O–H groups in total. The quantitative estimate of drug-likeness (QED) is 0.533. The molecule has 0 aromatic heterocycles. The van der Waals surface area contributed by atoms with Crippen LogP contribution in [0.2, 0.25) is 0 Å². The van der Waals surface area contributed by atoms with E-state index in [0.29, 0.717) is 13.1 Å². The molecule has 0 saturated heterocycles. The van der Waals surface area contributed by atoms with Crippen molar-refractivity contribution in [1.29, 1.82) is 0 Å². The van der Waals surface area contributed by atoms with Crippen LogP contribution in [0.1, 0.15) is 25.0 Å². The minimum Gasteiger partial charge on any atom is -0.491 e. The largest absolute Gasteiger partial charge is 0.491 e. The second-order valence-electron chi connectivity index (χ2n) is 8.08. The number of aryl methyl sites for hydroxylation is 1. The van der Waals surface area contributed by atoms with E-state index in [1.54, 1.807) is 0 Å². The van der Waals surface area contributed by atoms with Gasteiger partial charge in [-0.25, -0.2) is 9.79 Å². The van der Waals surface area contributed by atoms with Crippen molar-refractivity contribution >= 4 is 28.9 Å². The molecule has 1 heterocycles. The maximum Gasteiger partial charge on any atom is 0.319 e. The summed E-state index contributed by atoms with van der Waals surface area (Å²) in [6.07, 6.45) is 0.0902. The van der Waals surface area contributed by atoms with Crippen LogP contribution < -0.4 is 20.3 Å². The van der Waals surface area contributed by atoms with Gasteiger partial charge < -0.3 is 20.3 Å². The minimum absolute atomic E-state index is 0.0902. The van der Waals surface area contributed by atoms with Gasteiger partial charge in [-0.2, -0.15) is 0 Å². The Morgan fingerprint density at radius 2 is 1.88 bits per heavy atom. The van der Waals surface area contributed by atoms with Gasteiger partial charge in [0, 0.05) is 17.4 Å². The van der Waals surface area contributed by atoms with Crippen molar-refractivity contribution in [1.82, 2.24) is 5.32 Å². The lowest BCUT2D eigenvalue weighted by molar-refractivity contribution is 0.242. The molecule has 4 rings (SSSR count). The van der Waals surface area contributed by atoms with Gasteiger partial charge in [0.05, 0.1) is 24.9 Å². The smallest absolute Gasteiger partial charge is 0.319 e. The molecule has 0 radical (unpaired) electrons. The van der Waals surface area contributed by atoms with Gasteiger partial charge >= 0.3 is 6.03 Å². The normalized spacial score (nSPS) is 12.8. The van der Waals surface area contributed by atoms with Crippen molar-refractivity contribution in [2.24, 2.45) is 4.99 Å². The van der Waals surface area contributed by atoms with E-state index in [0.717, 1.165) is 39.8 Å². The van der Waals surface area contributed by atoms with Crippen molar-refractivity contribution in [2.75, 3.05) is 16.8 Å². The molecule has 1 aliphatic rings. The summed E-state index contributed by atoms with van der Waals surface area (Å²) in [6.45, 7) is 6.97. The second kappa shape index (κ2) is 9.56. The molecular formula is C26H28N4O2. The molecule has 0 fully saturated rings. The number of nitrogens with one attached hydrogen (secondary N) is 2. The highest BCUT2D eigenvalue weighted by Gasteiger charge is 2.22. The molecule has 3 aromatic rings. The van der Waals surface area contributed by atoms with Gasteiger partial charge in [0.25, 0.3) is 0 Å². The topological polar surface area (TPSA) is 66.0 Å². The molecule has 2 amide bonds. The zero-order valence-corrected chi connectivity index (χ0v) is 18.6. The van der Waals surface area contributed by atoms with Crippen LogP contribution in [0.4, 0.5) is 21.9 Å². The molecule has 3 aromatic carbocycles. The van der Waals surface area contributed by atoms with Crippen LogP contribution in [-0.2, 0) is 6.54 Å². The lowest BCUT2D eigenvalue weighted by atomic mass is 10.1. The molecule has 0 atom stereocenters. The molecule has 0 aliphatic carbocycles. The fourth-order valence-electron chi connectivity index (χ4n) is 3.64. The number of urea groups is 1. The van der Waals surface area contributed by atoms with Gasteiger partial charge in [-0.15, -0.1) is 0 Å². The van der Waals surface area contributed by atoms with Crippen molar-refractivity contribution in [3.63, 3.8) is 0 Å². The number of hydrogen-bond acceptors (Lipinski definition) is 4. The Labute approximate surface area is 188 Å². The number of anilines is 2. The van der Waals surface area contributed by atoms with Gasteiger partial charge in [0.2, 0.25) is 0 Å². The number of amidine groups is 1. The summed E-state index contributed by atoms with van der Waals surface area (Å²) in [5, 5.41) is 5.83. The first-order valence-electron chi connectivity index (χ1n) is 10.8. The van der Waals surface area contributed by atoms with Crippen LogP contribution in [0.5, 0.6) is 5.75 Å². The maximum absolute atomic E-state index is 12.5. The van der Waals surface area contributed by atoms with E-state index in [4.69, 9.17) is 9.73 Å². The zero-order valence-electron chi connectivity index (χ0n) is 18.6. The van der Waals surface area contributed by atoms with E-state index < -0.39 is 0 Å². The molecular weight excluding hydrogens is 400 g/mol. The van der Waals surface area contributed by atoms with Crippen LogP contribution in [0.3, 0.4) is 0 Å². The summed E-state index contributed by atoms with van der Waals surface area (Å²) in [5.74, 6) is 1.57. The first-order chi connectivity index (χ1) is 15.5. The van der Waals surface area contributed by atoms with Crippen molar-refractivity contribution in [3.8, 4) is 5.75 Å². The fraction of sp³-hybridized carbons (Fsp3) is 0.231. The van der Waals surface area contributed by atoms with Crippen LogP contribution >= 0.6 is 0 Å². The molecule has 0 saturated carbocycles. The molecule has 1 aliphatic heterocycles. The number of ether oxygens (including phenoxy) is 1. The number of benzene rings is 3. The number of rotatable bonds is 6. The summed E-state index contributed by atoms with van der Waals surface area (Å²) < 4.78 is 5.88. The molecule has 0 unspecified atom stereocenters. The predicted octanol–water partition coefficient (Wildman–Crippen LogP) is 5.65. The Kier molecular flexibility index (Phi) is 6.40. The number of aliphatic imine (C=N–C) groups is 1. The highest BCUT2D eigenvalue weighted by Crippen LogP contribution is 2.31. The van der Waals surface area contributed by atoms with Gasteiger partial charge in [0.1, 0.15) is 11.6 Å². The summed E-state index contributed by atoms with van der Waals surface area (Å²) >= 11 is 0.